The van der Waals surface area contributed by atoms with Crippen molar-refractivity contribution in [1.29, 1.82) is 0 Å². The molecule has 0 aliphatic carbocycles. The van der Waals surface area contributed by atoms with E-state index in [0.717, 1.165) is 12.0 Å². The van der Waals surface area contributed by atoms with E-state index in [1.165, 1.54) is 12.5 Å². The average molecular weight is 513 g/mol. The van der Waals surface area contributed by atoms with Crippen LogP contribution >= 0.6 is 0 Å². The minimum absolute atomic E-state index is 0.0313. The Labute approximate surface area is 222 Å². The van der Waals surface area contributed by atoms with Crippen molar-refractivity contribution < 1.29 is 24.6 Å². The highest BCUT2D eigenvalue weighted by molar-refractivity contribution is 5.98. The summed E-state index contributed by atoms with van der Waals surface area (Å²) in [4.78, 5) is 36.5. The van der Waals surface area contributed by atoms with E-state index >= 15 is 0 Å². The van der Waals surface area contributed by atoms with Crippen molar-refractivity contribution in [1.82, 2.24) is 5.32 Å². The Bertz CT molecular complexity index is 1290. The molecule has 4 N–H and O–H groups in total. The predicted octanol–water partition coefficient (Wildman–Crippen LogP) is 3.65. The molecule has 0 aliphatic rings. The van der Waals surface area contributed by atoms with Gasteiger partial charge in [0.25, 0.3) is 5.91 Å². The number of ketones is 1. The number of hydrogen-bond donors (Lipinski definition) is 4. The molecule has 0 aromatic heterocycles. The van der Waals surface area contributed by atoms with Crippen molar-refractivity contribution >= 4 is 23.3 Å². The van der Waals surface area contributed by atoms with Crippen molar-refractivity contribution in [3.8, 4) is 11.8 Å². The minimum Gasteiger partial charge on any atom is -0.391 e. The maximum absolute atomic E-state index is 12.4. The molecule has 0 heterocycles. The molecular weight excluding hydrogens is 480 g/mol. The third-order valence-electron chi connectivity index (χ3n) is 6.11. The van der Waals surface area contributed by atoms with Gasteiger partial charge in [-0.25, -0.2) is 0 Å². The molecule has 7 heteroatoms. The fourth-order valence-corrected chi connectivity index (χ4v) is 3.80. The normalized spacial score (nSPS) is 12.8. The van der Waals surface area contributed by atoms with E-state index in [1.54, 1.807) is 24.3 Å². The zero-order chi connectivity index (χ0) is 27.5. The number of rotatable bonds is 10. The maximum Gasteiger partial charge on any atom is 0.251 e. The zero-order valence-corrected chi connectivity index (χ0v) is 21.5. The summed E-state index contributed by atoms with van der Waals surface area (Å²) < 4.78 is 0. The summed E-state index contributed by atoms with van der Waals surface area (Å²) in [6.07, 6.45) is 0.0666. The minimum atomic E-state index is -1.18. The molecular formula is C31H32N2O5. The van der Waals surface area contributed by atoms with Crippen LogP contribution in [0.2, 0.25) is 0 Å². The molecule has 3 rings (SSSR count). The lowest BCUT2D eigenvalue weighted by Crippen LogP contribution is -2.48. The molecule has 3 aromatic rings. The van der Waals surface area contributed by atoms with Crippen LogP contribution < -0.4 is 10.6 Å². The Morgan fingerprint density at radius 2 is 1.42 bits per heavy atom. The topological polar surface area (TPSA) is 116 Å². The SMILES string of the molecule is C[C@@H](CCC(=O)Nc1ccc(C#Cc2ccc(C(=O)N[C@H](C(=O)CO)[C@@H](C)O)cc2)cc1)c1ccccc1. The quantitative estimate of drug-likeness (QED) is 0.310. The van der Waals surface area contributed by atoms with Crippen LogP contribution in [0.3, 0.4) is 0 Å². The summed E-state index contributed by atoms with van der Waals surface area (Å²) in [5.74, 6) is 5.14. The van der Waals surface area contributed by atoms with Crippen LogP contribution in [0.4, 0.5) is 5.69 Å². The summed E-state index contributed by atoms with van der Waals surface area (Å²) >= 11 is 0. The van der Waals surface area contributed by atoms with E-state index in [1.807, 2.05) is 42.5 Å². The average Bonchev–Trinajstić information content (AvgIpc) is 2.94. The second-order valence-electron chi connectivity index (χ2n) is 9.12. The standard InChI is InChI=1S/C31H32N2O5/c1-21(25-6-4-3-5-7-25)8-19-29(37)32-27-17-13-24(14-18-27)10-9-23-11-15-26(16-12-23)31(38)33-30(22(2)35)28(36)20-34/h3-7,11-18,21-22,30,34-35H,8,19-20H2,1-2H3,(H,32,37)(H,33,38)/t21-,22+,30-/m0/s1. The van der Waals surface area contributed by atoms with Crippen LogP contribution in [0.5, 0.6) is 0 Å². The number of benzene rings is 3. The smallest absolute Gasteiger partial charge is 0.251 e. The molecule has 3 aromatic carbocycles. The van der Waals surface area contributed by atoms with Crippen LogP contribution in [0.15, 0.2) is 78.9 Å². The molecule has 196 valence electrons. The fourth-order valence-electron chi connectivity index (χ4n) is 3.80. The zero-order valence-electron chi connectivity index (χ0n) is 21.5. The lowest BCUT2D eigenvalue weighted by atomic mass is 9.96. The highest BCUT2D eigenvalue weighted by Gasteiger charge is 2.25. The van der Waals surface area contributed by atoms with E-state index in [0.29, 0.717) is 29.2 Å². The Kier molecular flexibility index (Phi) is 10.4. The highest BCUT2D eigenvalue weighted by Crippen LogP contribution is 2.20. The van der Waals surface area contributed by atoms with Gasteiger partial charge in [-0.1, -0.05) is 49.1 Å². The van der Waals surface area contributed by atoms with E-state index in [2.05, 4.69) is 41.5 Å². The molecule has 0 unspecified atom stereocenters. The summed E-state index contributed by atoms with van der Waals surface area (Å²) in [5.41, 5.74) is 3.68. The molecule has 2 amide bonds. The number of anilines is 1. The third-order valence-corrected chi connectivity index (χ3v) is 6.11. The van der Waals surface area contributed by atoms with Crippen molar-refractivity contribution in [2.45, 2.75) is 44.8 Å². The fraction of sp³-hybridized carbons (Fsp3) is 0.258. The van der Waals surface area contributed by atoms with Gasteiger partial charge in [0.1, 0.15) is 12.6 Å². The maximum atomic E-state index is 12.4. The van der Waals surface area contributed by atoms with Gasteiger partial charge in [-0.05, 0) is 73.4 Å². The molecule has 0 saturated heterocycles. The third kappa shape index (κ3) is 8.41. The van der Waals surface area contributed by atoms with Gasteiger partial charge in [-0.15, -0.1) is 0 Å². The molecule has 0 radical (unpaired) electrons. The second-order valence-corrected chi connectivity index (χ2v) is 9.12. The van der Waals surface area contributed by atoms with Crippen molar-refractivity contribution in [3.63, 3.8) is 0 Å². The van der Waals surface area contributed by atoms with E-state index in [4.69, 9.17) is 5.11 Å². The summed E-state index contributed by atoms with van der Waals surface area (Å²) in [6, 6.07) is 22.7. The first-order chi connectivity index (χ1) is 18.3. The molecule has 7 nitrogen and oxygen atoms in total. The van der Waals surface area contributed by atoms with Gasteiger partial charge in [-0.3, -0.25) is 14.4 Å². The van der Waals surface area contributed by atoms with Gasteiger partial charge in [0, 0.05) is 28.8 Å². The lowest BCUT2D eigenvalue weighted by molar-refractivity contribution is -0.126. The Balaban J connectivity index is 1.52. The van der Waals surface area contributed by atoms with Gasteiger partial charge in [0.2, 0.25) is 5.91 Å². The molecule has 0 aliphatic heterocycles. The molecule has 38 heavy (non-hydrogen) atoms. The van der Waals surface area contributed by atoms with Gasteiger partial charge in [0.05, 0.1) is 6.10 Å². The molecule has 0 bridgehead atoms. The van der Waals surface area contributed by atoms with Gasteiger partial charge in [-0.2, -0.15) is 0 Å². The number of hydrogen-bond acceptors (Lipinski definition) is 5. The first kappa shape index (κ1) is 28.3. The largest absolute Gasteiger partial charge is 0.391 e. The Morgan fingerprint density at radius 1 is 0.842 bits per heavy atom. The number of carbonyl (C=O) groups excluding carboxylic acids is 3. The Morgan fingerprint density at radius 3 is 1.97 bits per heavy atom. The van der Waals surface area contributed by atoms with Crippen molar-refractivity contribution in [3.05, 3.63) is 101 Å². The van der Waals surface area contributed by atoms with Crippen LogP contribution in [-0.4, -0.2) is 46.6 Å². The molecule has 0 spiro atoms. The number of aliphatic hydroxyl groups excluding tert-OH is 2. The summed E-state index contributed by atoms with van der Waals surface area (Å²) in [7, 11) is 0. The number of amides is 2. The van der Waals surface area contributed by atoms with Crippen LogP contribution in [-0.2, 0) is 9.59 Å². The first-order valence-corrected chi connectivity index (χ1v) is 12.5. The highest BCUT2D eigenvalue weighted by atomic mass is 16.3. The van der Waals surface area contributed by atoms with Crippen LogP contribution in [0.25, 0.3) is 0 Å². The van der Waals surface area contributed by atoms with Crippen LogP contribution in [0, 0.1) is 11.8 Å². The Hall–Kier alpha value is -4.25. The number of aliphatic hydroxyl groups is 2. The van der Waals surface area contributed by atoms with Crippen LogP contribution in [0.1, 0.15) is 59.7 Å². The number of nitrogens with one attached hydrogen (secondary N) is 2. The van der Waals surface area contributed by atoms with Crippen molar-refractivity contribution in [2.75, 3.05) is 11.9 Å². The van der Waals surface area contributed by atoms with Gasteiger partial charge < -0.3 is 20.8 Å². The molecule has 3 atom stereocenters. The molecule has 0 saturated carbocycles. The second kappa shape index (κ2) is 13.9. The van der Waals surface area contributed by atoms with E-state index in [9.17, 15) is 19.5 Å². The first-order valence-electron chi connectivity index (χ1n) is 12.5. The lowest BCUT2D eigenvalue weighted by Gasteiger charge is -2.19. The number of Topliss-reactive ketones (excluding diaryl/α,β-unsaturated/α-hetero) is 1. The predicted molar refractivity (Wildman–Crippen MR) is 147 cm³/mol. The van der Waals surface area contributed by atoms with E-state index < -0.39 is 30.4 Å². The molecule has 0 fully saturated rings. The monoisotopic (exact) mass is 512 g/mol. The van der Waals surface area contributed by atoms with Gasteiger partial charge >= 0.3 is 0 Å². The van der Waals surface area contributed by atoms with Crippen molar-refractivity contribution in [2.24, 2.45) is 0 Å². The summed E-state index contributed by atoms with van der Waals surface area (Å²) in [5, 5.41) is 24.1. The van der Waals surface area contributed by atoms with E-state index in [-0.39, 0.29) is 5.91 Å². The summed E-state index contributed by atoms with van der Waals surface area (Å²) in [6.45, 7) is 2.71. The van der Waals surface area contributed by atoms with Gasteiger partial charge in [0.15, 0.2) is 5.78 Å². The number of carbonyl (C=O) groups is 3.